The molecule has 72 valence electrons. The van der Waals surface area contributed by atoms with E-state index in [0.29, 0.717) is 5.88 Å². The van der Waals surface area contributed by atoms with Crippen LogP contribution in [0.1, 0.15) is 5.56 Å². The molecule has 0 N–H and O–H groups in total. The molecule has 2 rings (SSSR count). The van der Waals surface area contributed by atoms with Crippen LogP contribution in [0.2, 0.25) is 0 Å². The largest absolute Gasteiger partial charge is 0.481 e. The molecule has 0 aliphatic carbocycles. The third-order valence-corrected chi connectivity index (χ3v) is 3.06. The van der Waals surface area contributed by atoms with Crippen molar-refractivity contribution >= 4 is 11.3 Å². The summed E-state index contributed by atoms with van der Waals surface area (Å²) in [6, 6.07) is 6.07. The Labute approximate surface area is 87.2 Å². The zero-order valence-corrected chi connectivity index (χ0v) is 8.97. The average Bonchev–Trinajstić information content (AvgIpc) is 2.65. The van der Waals surface area contributed by atoms with Gasteiger partial charge in [-0.15, -0.1) is 11.3 Å². The first-order valence-electron chi connectivity index (χ1n) is 4.35. The van der Waals surface area contributed by atoms with Gasteiger partial charge in [0.25, 0.3) is 0 Å². The molecule has 2 heterocycles. The summed E-state index contributed by atoms with van der Waals surface area (Å²) in [7, 11) is 1.62. The molecule has 0 aliphatic rings. The molecule has 0 unspecified atom stereocenters. The summed E-state index contributed by atoms with van der Waals surface area (Å²) in [5, 5.41) is 2.14. The van der Waals surface area contributed by atoms with Gasteiger partial charge in [0, 0.05) is 22.7 Å². The van der Waals surface area contributed by atoms with Crippen molar-refractivity contribution in [3.8, 4) is 16.3 Å². The van der Waals surface area contributed by atoms with Crippen LogP contribution in [0.3, 0.4) is 0 Å². The highest BCUT2D eigenvalue weighted by molar-refractivity contribution is 7.13. The average molecular weight is 205 g/mol. The van der Waals surface area contributed by atoms with Crippen LogP contribution in [-0.2, 0) is 0 Å². The van der Waals surface area contributed by atoms with Crippen LogP contribution in [0.5, 0.6) is 5.88 Å². The van der Waals surface area contributed by atoms with E-state index in [1.54, 1.807) is 18.4 Å². The van der Waals surface area contributed by atoms with Crippen molar-refractivity contribution in [1.82, 2.24) is 4.98 Å². The van der Waals surface area contributed by atoms with Crippen molar-refractivity contribution in [3.05, 3.63) is 35.3 Å². The van der Waals surface area contributed by atoms with E-state index in [1.807, 2.05) is 18.3 Å². The molecule has 0 aromatic carbocycles. The van der Waals surface area contributed by atoms with E-state index in [9.17, 15) is 0 Å². The maximum absolute atomic E-state index is 5.00. The fourth-order valence-corrected chi connectivity index (χ4v) is 2.12. The molecular formula is C11H11NOS. The van der Waals surface area contributed by atoms with E-state index in [1.165, 1.54) is 10.4 Å². The highest BCUT2D eigenvalue weighted by Crippen LogP contribution is 2.26. The second-order valence-corrected chi connectivity index (χ2v) is 3.99. The second kappa shape index (κ2) is 3.80. The lowest BCUT2D eigenvalue weighted by atomic mass is 10.2. The van der Waals surface area contributed by atoms with Gasteiger partial charge in [-0.25, -0.2) is 4.98 Å². The number of rotatable bonds is 2. The number of hydrogen-bond donors (Lipinski definition) is 0. The third kappa shape index (κ3) is 1.77. The number of hydrogen-bond acceptors (Lipinski definition) is 3. The minimum Gasteiger partial charge on any atom is -0.481 e. The van der Waals surface area contributed by atoms with Crippen molar-refractivity contribution in [2.45, 2.75) is 6.92 Å². The zero-order valence-electron chi connectivity index (χ0n) is 8.15. The van der Waals surface area contributed by atoms with E-state index in [2.05, 4.69) is 23.4 Å². The number of methoxy groups -OCH3 is 1. The summed E-state index contributed by atoms with van der Waals surface area (Å²) >= 11 is 1.74. The van der Waals surface area contributed by atoms with Gasteiger partial charge in [-0.1, -0.05) is 0 Å². The summed E-state index contributed by atoms with van der Waals surface area (Å²) in [6.45, 7) is 2.09. The zero-order chi connectivity index (χ0) is 9.97. The first kappa shape index (κ1) is 9.21. The topological polar surface area (TPSA) is 22.1 Å². The van der Waals surface area contributed by atoms with Gasteiger partial charge in [-0.05, 0) is 30.0 Å². The maximum Gasteiger partial charge on any atom is 0.212 e. The van der Waals surface area contributed by atoms with Crippen LogP contribution in [0.15, 0.2) is 29.8 Å². The Morgan fingerprint density at radius 3 is 2.71 bits per heavy atom. The fraction of sp³-hybridized carbons (Fsp3) is 0.182. The number of aryl methyl sites for hydroxylation is 1. The van der Waals surface area contributed by atoms with Crippen molar-refractivity contribution < 1.29 is 4.74 Å². The van der Waals surface area contributed by atoms with Crippen molar-refractivity contribution in [1.29, 1.82) is 0 Å². The lowest BCUT2D eigenvalue weighted by Crippen LogP contribution is -1.85. The van der Waals surface area contributed by atoms with E-state index in [4.69, 9.17) is 4.74 Å². The van der Waals surface area contributed by atoms with Crippen LogP contribution >= 0.6 is 11.3 Å². The Morgan fingerprint density at radius 1 is 1.36 bits per heavy atom. The Morgan fingerprint density at radius 2 is 2.21 bits per heavy atom. The number of aromatic nitrogens is 1. The number of thiophene rings is 1. The number of pyridine rings is 1. The predicted octanol–water partition coefficient (Wildman–Crippen LogP) is 3.13. The normalized spacial score (nSPS) is 10.1. The fourth-order valence-electron chi connectivity index (χ4n) is 1.23. The Hall–Kier alpha value is -1.35. The van der Waals surface area contributed by atoms with Gasteiger partial charge in [0.1, 0.15) is 0 Å². The van der Waals surface area contributed by atoms with Gasteiger partial charge >= 0.3 is 0 Å². The lowest BCUT2D eigenvalue weighted by Gasteiger charge is -1.99. The molecule has 14 heavy (non-hydrogen) atoms. The summed E-state index contributed by atoms with van der Waals surface area (Å²) < 4.78 is 5.00. The predicted molar refractivity (Wildman–Crippen MR) is 58.8 cm³/mol. The smallest absolute Gasteiger partial charge is 0.212 e. The monoisotopic (exact) mass is 205 g/mol. The molecule has 2 aromatic rings. The van der Waals surface area contributed by atoms with Gasteiger partial charge in [-0.2, -0.15) is 0 Å². The molecule has 3 heteroatoms. The molecular weight excluding hydrogens is 194 g/mol. The minimum absolute atomic E-state index is 0.655. The highest BCUT2D eigenvalue weighted by atomic mass is 32.1. The number of ether oxygens (including phenoxy) is 1. The first-order valence-corrected chi connectivity index (χ1v) is 5.23. The first-order chi connectivity index (χ1) is 6.79. The molecule has 0 spiro atoms. The summed E-state index contributed by atoms with van der Waals surface area (Å²) in [5.41, 5.74) is 2.43. The van der Waals surface area contributed by atoms with Gasteiger partial charge in [0.15, 0.2) is 0 Å². The summed E-state index contributed by atoms with van der Waals surface area (Å²) in [4.78, 5) is 5.42. The van der Waals surface area contributed by atoms with Gasteiger partial charge < -0.3 is 4.74 Å². The highest BCUT2D eigenvalue weighted by Gasteiger charge is 2.01. The van der Waals surface area contributed by atoms with Gasteiger partial charge in [0.05, 0.1) is 7.11 Å². The molecule has 0 aliphatic heterocycles. The second-order valence-electron chi connectivity index (χ2n) is 3.08. The molecule has 0 radical (unpaired) electrons. The molecule has 2 aromatic heterocycles. The SMILES string of the molecule is COc1ccc(-c2cc(C)cs2)cn1. The summed E-state index contributed by atoms with van der Waals surface area (Å²) in [6.07, 6.45) is 1.84. The van der Waals surface area contributed by atoms with Gasteiger partial charge in [-0.3, -0.25) is 0 Å². The quantitative estimate of drug-likeness (QED) is 0.751. The maximum atomic E-state index is 5.00. The molecule has 0 fully saturated rings. The minimum atomic E-state index is 0.655. The summed E-state index contributed by atoms with van der Waals surface area (Å²) in [5.74, 6) is 0.655. The van der Waals surface area contributed by atoms with E-state index < -0.39 is 0 Å². The van der Waals surface area contributed by atoms with E-state index >= 15 is 0 Å². The van der Waals surface area contributed by atoms with E-state index in [0.717, 1.165) is 5.56 Å². The van der Waals surface area contributed by atoms with Crippen LogP contribution < -0.4 is 4.74 Å². The van der Waals surface area contributed by atoms with Crippen LogP contribution in [0, 0.1) is 6.92 Å². The van der Waals surface area contributed by atoms with Crippen LogP contribution in [0.25, 0.3) is 10.4 Å². The van der Waals surface area contributed by atoms with Crippen molar-refractivity contribution in [2.75, 3.05) is 7.11 Å². The standard InChI is InChI=1S/C11H11NOS/c1-8-5-10(14-7-8)9-3-4-11(13-2)12-6-9/h3-7H,1-2H3. The van der Waals surface area contributed by atoms with Crippen molar-refractivity contribution in [2.24, 2.45) is 0 Å². The van der Waals surface area contributed by atoms with E-state index in [-0.39, 0.29) is 0 Å². The number of nitrogens with zero attached hydrogens (tertiary/aromatic N) is 1. The molecule has 2 nitrogen and oxygen atoms in total. The molecule has 0 saturated carbocycles. The Balaban J connectivity index is 2.33. The Bertz CT molecular complexity index is 419. The molecule has 0 atom stereocenters. The Kier molecular flexibility index (Phi) is 2.50. The molecule has 0 bridgehead atoms. The van der Waals surface area contributed by atoms with Gasteiger partial charge in [0.2, 0.25) is 5.88 Å². The molecule has 0 saturated heterocycles. The van der Waals surface area contributed by atoms with Crippen LogP contribution in [-0.4, -0.2) is 12.1 Å². The third-order valence-electron chi connectivity index (χ3n) is 1.96. The lowest BCUT2D eigenvalue weighted by molar-refractivity contribution is 0.398. The van der Waals surface area contributed by atoms with Crippen molar-refractivity contribution in [3.63, 3.8) is 0 Å². The van der Waals surface area contributed by atoms with Crippen LogP contribution in [0.4, 0.5) is 0 Å². The molecule has 0 amide bonds.